The van der Waals surface area contributed by atoms with Gasteiger partial charge in [0.15, 0.2) is 0 Å². The number of anilines is 1. The van der Waals surface area contributed by atoms with Crippen LogP contribution in [0.15, 0.2) is 126 Å². The standard InChI is InChI=1S/C37H32N2O/c1-25-14-20-35-33(22-25)31-12-7-13-32(31)37(39-35)28-15-18-29(19-16-28)38-23-34-30-11-6-5-10-27(30)17-21-36(34)40-24-26-8-3-2-4-9-26/h2-12,14-23,31-32,37,39H,13,24H2,1H3/t31-,32+,37-/m1/s1. The van der Waals surface area contributed by atoms with Crippen LogP contribution in [0.4, 0.5) is 11.4 Å². The molecule has 3 nitrogen and oxygen atoms in total. The molecule has 7 rings (SSSR count). The second kappa shape index (κ2) is 10.5. The van der Waals surface area contributed by atoms with Gasteiger partial charge in [0, 0.05) is 23.4 Å². The summed E-state index contributed by atoms with van der Waals surface area (Å²) in [4.78, 5) is 4.90. The number of ether oxygens (including phenoxy) is 1. The van der Waals surface area contributed by atoms with E-state index in [2.05, 4.69) is 115 Å². The smallest absolute Gasteiger partial charge is 0.129 e. The lowest BCUT2D eigenvalue weighted by atomic mass is 9.76. The first kappa shape index (κ1) is 24.4. The van der Waals surface area contributed by atoms with Crippen LogP contribution < -0.4 is 10.1 Å². The number of benzene rings is 5. The van der Waals surface area contributed by atoms with Crippen LogP contribution in [-0.4, -0.2) is 6.21 Å². The molecule has 0 radical (unpaired) electrons. The first-order chi connectivity index (χ1) is 19.7. The third-order valence-electron chi connectivity index (χ3n) is 8.28. The van der Waals surface area contributed by atoms with Crippen molar-refractivity contribution < 1.29 is 4.74 Å². The molecule has 196 valence electrons. The van der Waals surface area contributed by atoms with E-state index in [4.69, 9.17) is 9.73 Å². The second-order valence-corrected chi connectivity index (χ2v) is 10.9. The molecule has 40 heavy (non-hydrogen) atoms. The van der Waals surface area contributed by atoms with E-state index in [0.717, 1.165) is 34.4 Å². The number of hydrogen-bond donors (Lipinski definition) is 1. The molecule has 1 heterocycles. The maximum atomic E-state index is 6.29. The van der Waals surface area contributed by atoms with Gasteiger partial charge in [0.05, 0.1) is 11.7 Å². The van der Waals surface area contributed by atoms with Gasteiger partial charge in [0.1, 0.15) is 12.4 Å². The van der Waals surface area contributed by atoms with E-state index in [1.807, 2.05) is 24.4 Å². The summed E-state index contributed by atoms with van der Waals surface area (Å²) in [6, 6.07) is 38.6. The molecule has 0 unspecified atom stereocenters. The quantitative estimate of drug-likeness (QED) is 0.179. The average molecular weight is 521 g/mol. The van der Waals surface area contributed by atoms with E-state index in [9.17, 15) is 0 Å². The number of nitrogens with zero attached hydrogens (tertiary/aromatic N) is 1. The zero-order valence-corrected chi connectivity index (χ0v) is 22.6. The molecule has 2 aliphatic rings. The summed E-state index contributed by atoms with van der Waals surface area (Å²) < 4.78 is 6.29. The highest BCUT2D eigenvalue weighted by Gasteiger charge is 2.37. The molecular weight excluding hydrogens is 488 g/mol. The molecule has 0 amide bonds. The Morgan fingerprint density at radius 3 is 2.58 bits per heavy atom. The Morgan fingerprint density at radius 1 is 0.875 bits per heavy atom. The third-order valence-corrected chi connectivity index (χ3v) is 8.28. The monoisotopic (exact) mass is 520 g/mol. The molecule has 3 heteroatoms. The van der Waals surface area contributed by atoms with Gasteiger partial charge >= 0.3 is 0 Å². The maximum Gasteiger partial charge on any atom is 0.129 e. The van der Waals surface area contributed by atoms with E-state index in [1.54, 1.807) is 0 Å². The number of hydrogen-bond acceptors (Lipinski definition) is 3. The summed E-state index contributed by atoms with van der Waals surface area (Å²) in [6.45, 7) is 2.69. The minimum Gasteiger partial charge on any atom is -0.488 e. The summed E-state index contributed by atoms with van der Waals surface area (Å²) in [5.74, 6) is 1.84. The van der Waals surface area contributed by atoms with Crippen LogP contribution in [0.25, 0.3) is 10.8 Å². The highest BCUT2D eigenvalue weighted by molar-refractivity contribution is 6.03. The Kier molecular flexibility index (Phi) is 6.41. The van der Waals surface area contributed by atoms with Crippen LogP contribution in [0, 0.1) is 12.8 Å². The SMILES string of the molecule is Cc1ccc2c(c1)[C@@H]1C=CC[C@@H]1[C@@H](c1ccc(N=Cc3c(OCc4ccccc4)ccc4ccccc34)cc1)N2. The topological polar surface area (TPSA) is 33.6 Å². The number of allylic oxidation sites excluding steroid dienone is 2. The fraction of sp³-hybridized carbons (Fsp3) is 0.162. The van der Waals surface area contributed by atoms with Crippen LogP contribution in [0.5, 0.6) is 5.75 Å². The van der Waals surface area contributed by atoms with E-state index < -0.39 is 0 Å². The predicted molar refractivity (Wildman–Crippen MR) is 166 cm³/mol. The zero-order chi connectivity index (χ0) is 26.9. The molecule has 1 N–H and O–H groups in total. The van der Waals surface area contributed by atoms with Crippen LogP contribution in [0.2, 0.25) is 0 Å². The van der Waals surface area contributed by atoms with Crippen molar-refractivity contribution >= 4 is 28.4 Å². The zero-order valence-electron chi connectivity index (χ0n) is 22.6. The van der Waals surface area contributed by atoms with Crippen molar-refractivity contribution in [1.29, 1.82) is 0 Å². The molecule has 0 bridgehead atoms. The van der Waals surface area contributed by atoms with Crippen molar-refractivity contribution in [2.75, 3.05) is 5.32 Å². The lowest BCUT2D eigenvalue weighted by Gasteiger charge is -2.37. The average Bonchev–Trinajstić information content (AvgIpc) is 3.50. The summed E-state index contributed by atoms with van der Waals surface area (Å²) in [7, 11) is 0. The van der Waals surface area contributed by atoms with Crippen molar-refractivity contribution in [3.05, 3.63) is 149 Å². The Morgan fingerprint density at radius 2 is 1.70 bits per heavy atom. The van der Waals surface area contributed by atoms with Crippen molar-refractivity contribution in [2.45, 2.75) is 31.9 Å². The molecule has 5 aromatic carbocycles. The normalized spacial score (nSPS) is 19.4. The van der Waals surface area contributed by atoms with Crippen LogP contribution >= 0.6 is 0 Å². The highest BCUT2D eigenvalue weighted by Crippen LogP contribution is 2.50. The molecule has 0 saturated heterocycles. The van der Waals surface area contributed by atoms with E-state index >= 15 is 0 Å². The number of aryl methyl sites for hydroxylation is 1. The summed E-state index contributed by atoms with van der Waals surface area (Å²) in [5, 5.41) is 6.15. The molecule has 0 spiro atoms. The van der Waals surface area contributed by atoms with Gasteiger partial charge in [-0.05, 0) is 71.0 Å². The lowest BCUT2D eigenvalue weighted by Crippen LogP contribution is -2.29. The molecule has 5 aromatic rings. The van der Waals surface area contributed by atoms with Gasteiger partial charge in [0.2, 0.25) is 0 Å². The molecular formula is C37H32N2O. The molecule has 1 aliphatic carbocycles. The predicted octanol–water partition coefficient (Wildman–Crippen LogP) is 9.30. The van der Waals surface area contributed by atoms with Gasteiger partial charge in [-0.25, -0.2) is 0 Å². The lowest BCUT2D eigenvalue weighted by molar-refractivity contribution is 0.306. The molecule has 0 saturated carbocycles. The van der Waals surface area contributed by atoms with Gasteiger partial charge < -0.3 is 10.1 Å². The number of nitrogens with one attached hydrogen (secondary N) is 1. The van der Waals surface area contributed by atoms with Gasteiger partial charge in [-0.2, -0.15) is 0 Å². The van der Waals surface area contributed by atoms with Crippen molar-refractivity contribution in [2.24, 2.45) is 10.9 Å². The van der Waals surface area contributed by atoms with Crippen LogP contribution in [0.3, 0.4) is 0 Å². The fourth-order valence-electron chi connectivity index (χ4n) is 6.22. The van der Waals surface area contributed by atoms with Crippen LogP contribution in [0.1, 0.15) is 46.2 Å². The van der Waals surface area contributed by atoms with Gasteiger partial charge in [-0.15, -0.1) is 0 Å². The fourth-order valence-corrected chi connectivity index (χ4v) is 6.22. The van der Waals surface area contributed by atoms with E-state index in [-0.39, 0.29) is 6.04 Å². The largest absolute Gasteiger partial charge is 0.488 e. The first-order valence-electron chi connectivity index (χ1n) is 14.1. The van der Waals surface area contributed by atoms with E-state index in [0.29, 0.717) is 18.4 Å². The van der Waals surface area contributed by atoms with E-state index in [1.165, 1.54) is 27.8 Å². The van der Waals surface area contributed by atoms with Crippen molar-refractivity contribution in [3.8, 4) is 5.75 Å². The molecule has 1 aliphatic heterocycles. The minimum absolute atomic E-state index is 0.282. The molecule has 0 aromatic heterocycles. The Balaban J connectivity index is 1.15. The number of rotatable bonds is 6. The maximum absolute atomic E-state index is 6.29. The molecule has 3 atom stereocenters. The van der Waals surface area contributed by atoms with Gasteiger partial charge in [-0.1, -0.05) is 103 Å². The number of fused-ring (bicyclic) bond motifs is 4. The first-order valence-corrected chi connectivity index (χ1v) is 14.1. The third kappa shape index (κ3) is 4.69. The number of aliphatic imine (C=N–C) groups is 1. The van der Waals surface area contributed by atoms with Crippen LogP contribution in [-0.2, 0) is 6.61 Å². The summed E-state index contributed by atoms with van der Waals surface area (Å²) in [5.41, 5.74) is 8.38. The van der Waals surface area contributed by atoms with Gasteiger partial charge in [-0.3, -0.25) is 4.99 Å². The second-order valence-electron chi connectivity index (χ2n) is 10.9. The summed E-state index contributed by atoms with van der Waals surface area (Å²) >= 11 is 0. The Labute approximate surface area is 235 Å². The minimum atomic E-state index is 0.282. The van der Waals surface area contributed by atoms with Gasteiger partial charge in [0.25, 0.3) is 0 Å². The Hall–Kier alpha value is -4.63. The summed E-state index contributed by atoms with van der Waals surface area (Å²) in [6.07, 6.45) is 7.80. The Bertz CT molecular complexity index is 1720. The molecule has 0 fully saturated rings. The van der Waals surface area contributed by atoms with Crippen molar-refractivity contribution in [1.82, 2.24) is 0 Å². The highest BCUT2D eigenvalue weighted by atomic mass is 16.5. The van der Waals surface area contributed by atoms with Crippen molar-refractivity contribution in [3.63, 3.8) is 0 Å².